The summed E-state index contributed by atoms with van der Waals surface area (Å²) >= 11 is 0. The number of rotatable bonds is 2. The van der Waals surface area contributed by atoms with E-state index in [0.717, 1.165) is 24.5 Å². The van der Waals surface area contributed by atoms with Crippen LogP contribution in [-0.2, 0) is 13.0 Å². The standard InChI is InChI=1S/C19H20N2O3/c22-19(21-10-9-14-5-1-2-6-15(14)12-21)20-11-16-13-23-17-7-3-4-8-18(17)24-16/h1-8,16H,9-13H2,(H,20,22)/t16-/m1/s1. The molecule has 0 fully saturated rings. The molecule has 2 aromatic carbocycles. The average molecular weight is 324 g/mol. The van der Waals surface area contributed by atoms with Gasteiger partial charge < -0.3 is 19.7 Å². The summed E-state index contributed by atoms with van der Waals surface area (Å²) < 4.78 is 11.5. The number of benzene rings is 2. The number of hydrogen-bond donors (Lipinski definition) is 1. The molecule has 4 rings (SSSR count). The molecule has 0 aromatic heterocycles. The summed E-state index contributed by atoms with van der Waals surface area (Å²) in [5.41, 5.74) is 2.56. The molecule has 0 aliphatic carbocycles. The van der Waals surface area contributed by atoms with Crippen LogP contribution in [0.5, 0.6) is 11.5 Å². The zero-order chi connectivity index (χ0) is 16.4. The number of amides is 2. The van der Waals surface area contributed by atoms with Crippen molar-refractivity contribution in [2.45, 2.75) is 19.1 Å². The van der Waals surface area contributed by atoms with Crippen LogP contribution in [0.1, 0.15) is 11.1 Å². The summed E-state index contributed by atoms with van der Waals surface area (Å²) in [6.45, 7) is 2.28. The van der Waals surface area contributed by atoms with Gasteiger partial charge in [-0.25, -0.2) is 4.79 Å². The molecular weight excluding hydrogens is 304 g/mol. The molecule has 0 radical (unpaired) electrons. The van der Waals surface area contributed by atoms with E-state index in [1.165, 1.54) is 11.1 Å². The van der Waals surface area contributed by atoms with Crippen LogP contribution in [0.3, 0.4) is 0 Å². The molecule has 2 aromatic rings. The molecular formula is C19H20N2O3. The number of para-hydroxylation sites is 2. The smallest absolute Gasteiger partial charge is 0.317 e. The first kappa shape index (κ1) is 14.9. The van der Waals surface area contributed by atoms with Gasteiger partial charge in [0.05, 0.1) is 6.54 Å². The Morgan fingerprint density at radius 1 is 1.08 bits per heavy atom. The van der Waals surface area contributed by atoms with Crippen molar-refractivity contribution in [1.29, 1.82) is 0 Å². The number of nitrogens with one attached hydrogen (secondary N) is 1. The maximum absolute atomic E-state index is 12.4. The largest absolute Gasteiger partial charge is 0.486 e. The molecule has 0 saturated carbocycles. The van der Waals surface area contributed by atoms with Crippen LogP contribution in [0.2, 0.25) is 0 Å². The van der Waals surface area contributed by atoms with Crippen molar-refractivity contribution in [3.05, 3.63) is 59.7 Å². The highest BCUT2D eigenvalue weighted by Gasteiger charge is 2.24. The van der Waals surface area contributed by atoms with E-state index in [0.29, 0.717) is 19.7 Å². The number of carbonyl (C=O) groups excluding carboxylic acids is 1. The Hall–Kier alpha value is -2.69. The normalized spacial score (nSPS) is 18.7. The van der Waals surface area contributed by atoms with Crippen molar-refractivity contribution in [2.75, 3.05) is 19.7 Å². The van der Waals surface area contributed by atoms with Gasteiger partial charge in [-0.05, 0) is 29.7 Å². The van der Waals surface area contributed by atoms with E-state index < -0.39 is 0 Å². The molecule has 2 amide bonds. The molecule has 124 valence electrons. The molecule has 24 heavy (non-hydrogen) atoms. The highest BCUT2D eigenvalue weighted by Crippen LogP contribution is 2.30. The van der Waals surface area contributed by atoms with Gasteiger partial charge in [-0.15, -0.1) is 0 Å². The van der Waals surface area contributed by atoms with Gasteiger partial charge in [0.15, 0.2) is 17.6 Å². The van der Waals surface area contributed by atoms with Gasteiger partial charge in [0.25, 0.3) is 0 Å². The van der Waals surface area contributed by atoms with E-state index in [1.54, 1.807) is 0 Å². The minimum atomic E-state index is -0.166. The summed E-state index contributed by atoms with van der Waals surface area (Å²) in [7, 11) is 0. The minimum absolute atomic E-state index is 0.0491. The van der Waals surface area contributed by atoms with E-state index >= 15 is 0 Å². The average Bonchev–Trinajstić information content (AvgIpc) is 2.65. The highest BCUT2D eigenvalue weighted by atomic mass is 16.6. The quantitative estimate of drug-likeness (QED) is 0.924. The zero-order valence-electron chi connectivity index (χ0n) is 13.4. The van der Waals surface area contributed by atoms with Crippen LogP contribution >= 0.6 is 0 Å². The van der Waals surface area contributed by atoms with Crippen molar-refractivity contribution in [2.24, 2.45) is 0 Å². The van der Waals surface area contributed by atoms with Crippen molar-refractivity contribution >= 4 is 6.03 Å². The lowest BCUT2D eigenvalue weighted by Crippen LogP contribution is -2.47. The highest BCUT2D eigenvalue weighted by molar-refractivity contribution is 5.74. The van der Waals surface area contributed by atoms with Gasteiger partial charge in [0.2, 0.25) is 0 Å². The second-order valence-electron chi connectivity index (χ2n) is 6.12. The fourth-order valence-electron chi connectivity index (χ4n) is 3.15. The molecule has 1 atom stereocenters. The van der Waals surface area contributed by atoms with Crippen molar-refractivity contribution < 1.29 is 14.3 Å². The molecule has 0 unspecified atom stereocenters. The molecule has 0 bridgehead atoms. The van der Waals surface area contributed by atoms with Crippen LogP contribution in [-0.4, -0.2) is 36.7 Å². The maximum atomic E-state index is 12.4. The summed E-state index contributed by atoms with van der Waals surface area (Å²) in [6, 6.07) is 15.8. The second kappa shape index (κ2) is 6.43. The van der Waals surface area contributed by atoms with Gasteiger partial charge >= 0.3 is 6.03 Å². The monoisotopic (exact) mass is 324 g/mol. The third kappa shape index (κ3) is 3.02. The lowest BCUT2D eigenvalue weighted by Gasteiger charge is -2.30. The molecule has 2 aliphatic rings. The first-order valence-electron chi connectivity index (χ1n) is 8.27. The fourth-order valence-corrected chi connectivity index (χ4v) is 3.15. The van der Waals surface area contributed by atoms with Gasteiger partial charge in [0, 0.05) is 13.1 Å². The zero-order valence-corrected chi connectivity index (χ0v) is 13.4. The van der Waals surface area contributed by atoms with E-state index in [1.807, 2.05) is 41.3 Å². The summed E-state index contributed by atoms with van der Waals surface area (Å²) in [5.74, 6) is 1.49. The van der Waals surface area contributed by atoms with Crippen LogP contribution in [0.4, 0.5) is 4.79 Å². The van der Waals surface area contributed by atoms with E-state index in [-0.39, 0.29) is 12.1 Å². The minimum Gasteiger partial charge on any atom is -0.486 e. The Bertz CT molecular complexity index is 747. The Labute approximate surface area is 141 Å². The lowest BCUT2D eigenvalue weighted by atomic mass is 10.0. The predicted octanol–water partition coefficient (Wildman–Crippen LogP) is 2.59. The first-order valence-corrected chi connectivity index (χ1v) is 8.27. The maximum Gasteiger partial charge on any atom is 0.317 e. The SMILES string of the molecule is O=C(NC[C@@H]1COc2ccccc2O1)N1CCc2ccccc2C1. The number of carbonyl (C=O) groups is 1. The Balaban J connectivity index is 1.32. The van der Waals surface area contributed by atoms with E-state index in [4.69, 9.17) is 9.47 Å². The third-order valence-corrected chi connectivity index (χ3v) is 4.47. The van der Waals surface area contributed by atoms with Gasteiger partial charge in [0.1, 0.15) is 6.61 Å². The van der Waals surface area contributed by atoms with Crippen molar-refractivity contribution in [1.82, 2.24) is 10.2 Å². The van der Waals surface area contributed by atoms with Crippen LogP contribution < -0.4 is 14.8 Å². The third-order valence-electron chi connectivity index (χ3n) is 4.47. The fraction of sp³-hybridized carbons (Fsp3) is 0.316. The van der Waals surface area contributed by atoms with E-state index in [9.17, 15) is 4.79 Å². The van der Waals surface area contributed by atoms with Crippen LogP contribution in [0.25, 0.3) is 0 Å². The number of nitrogens with zero attached hydrogens (tertiary/aromatic N) is 1. The molecule has 2 aliphatic heterocycles. The summed E-state index contributed by atoms with van der Waals surface area (Å²) in [4.78, 5) is 14.3. The Morgan fingerprint density at radius 3 is 2.71 bits per heavy atom. The topological polar surface area (TPSA) is 50.8 Å². The predicted molar refractivity (Wildman–Crippen MR) is 90.3 cm³/mol. The number of ether oxygens (including phenoxy) is 2. The molecule has 1 N–H and O–H groups in total. The van der Waals surface area contributed by atoms with E-state index in [2.05, 4.69) is 17.4 Å². The van der Waals surface area contributed by atoms with Crippen LogP contribution in [0, 0.1) is 0 Å². The van der Waals surface area contributed by atoms with Gasteiger partial charge in [-0.1, -0.05) is 36.4 Å². The Kier molecular flexibility index (Phi) is 3.99. The number of hydrogen-bond acceptors (Lipinski definition) is 3. The van der Waals surface area contributed by atoms with Crippen LogP contribution in [0.15, 0.2) is 48.5 Å². The van der Waals surface area contributed by atoms with Crippen molar-refractivity contribution in [3.63, 3.8) is 0 Å². The molecule has 0 saturated heterocycles. The molecule has 0 spiro atoms. The lowest BCUT2D eigenvalue weighted by molar-refractivity contribution is 0.0898. The summed E-state index contributed by atoms with van der Waals surface area (Å²) in [6.07, 6.45) is 0.737. The molecule has 2 heterocycles. The number of fused-ring (bicyclic) bond motifs is 2. The summed E-state index contributed by atoms with van der Waals surface area (Å²) in [5, 5.41) is 2.97. The number of urea groups is 1. The molecule has 5 heteroatoms. The van der Waals surface area contributed by atoms with Gasteiger partial charge in [-0.2, -0.15) is 0 Å². The molecule has 5 nitrogen and oxygen atoms in total. The Morgan fingerprint density at radius 2 is 1.83 bits per heavy atom. The van der Waals surface area contributed by atoms with Gasteiger partial charge in [-0.3, -0.25) is 0 Å². The van der Waals surface area contributed by atoms with Crippen molar-refractivity contribution in [3.8, 4) is 11.5 Å². The second-order valence-corrected chi connectivity index (χ2v) is 6.12. The first-order chi connectivity index (χ1) is 11.8.